The van der Waals surface area contributed by atoms with E-state index >= 15 is 0 Å². The highest BCUT2D eigenvalue weighted by Gasteiger charge is 2.42. The van der Waals surface area contributed by atoms with E-state index in [-0.39, 0.29) is 30.6 Å². The molecule has 0 saturated heterocycles. The number of nitrogens with zero attached hydrogens (tertiary/aromatic N) is 2. The first-order valence-electron chi connectivity index (χ1n) is 12.8. The molecule has 1 unspecified atom stereocenters. The molecule has 4 atom stereocenters. The molecule has 0 bridgehead atoms. The van der Waals surface area contributed by atoms with Gasteiger partial charge in [-0.2, -0.15) is 0 Å². The van der Waals surface area contributed by atoms with Crippen LogP contribution in [-0.4, -0.2) is 53.7 Å². The number of benzene rings is 2. The summed E-state index contributed by atoms with van der Waals surface area (Å²) < 4.78 is 68.3. The summed E-state index contributed by atoms with van der Waals surface area (Å²) in [6.45, 7) is 0.328. The van der Waals surface area contributed by atoms with Gasteiger partial charge in [-0.25, -0.2) is 26.4 Å². The summed E-state index contributed by atoms with van der Waals surface area (Å²) in [4.78, 5) is 13.8. The molecule has 0 spiro atoms. The van der Waals surface area contributed by atoms with Crippen LogP contribution in [0.1, 0.15) is 42.7 Å². The summed E-state index contributed by atoms with van der Waals surface area (Å²) >= 11 is 0. The minimum atomic E-state index is -3.39. The minimum absolute atomic E-state index is 0.0248. The van der Waals surface area contributed by atoms with Crippen LogP contribution in [0.3, 0.4) is 0 Å². The van der Waals surface area contributed by atoms with E-state index in [9.17, 15) is 31.5 Å². The first-order valence-corrected chi connectivity index (χ1v) is 14.7. The molecule has 0 radical (unpaired) electrons. The molecule has 7 nitrogen and oxygen atoms in total. The molecule has 1 amide bonds. The van der Waals surface area contributed by atoms with Crippen molar-refractivity contribution in [3.8, 4) is 0 Å². The number of sulfonamides is 1. The standard InChI is InChI=1S/C28H30F3N3O4S/c1-39(37,38)33-15-19-9-26(32-13-20(19)16-33)18-7-8-21(22-11-24(30)25(31)12-23(22)29)27(10-18)34(28(35)36)14-17-5-3-2-4-6-17/h2-6,11-13,15,18,21,26-27,32H,7-10,14,16H2,1H3,(H,35,36)/t18-,21+,26?,27-/m0/s1. The number of rotatable bonds is 6. The number of hydrogen-bond acceptors (Lipinski definition) is 4. The molecule has 3 aliphatic rings. The van der Waals surface area contributed by atoms with Crippen molar-refractivity contribution in [2.75, 3.05) is 12.8 Å². The van der Waals surface area contributed by atoms with Crippen molar-refractivity contribution >= 4 is 16.1 Å². The Bertz CT molecular complexity index is 1430. The van der Waals surface area contributed by atoms with Gasteiger partial charge in [-0.15, -0.1) is 0 Å². The lowest BCUT2D eigenvalue weighted by molar-refractivity contribution is 0.0776. The van der Waals surface area contributed by atoms with Crippen LogP contribution in [0.15, 0.2) is 66.0 Å². The van der Waals surface area contributed by atoms with E-state index in [1.807, 2.05) is 12.3 Å². The third-order valence-corrected chi connectivity index (χ3v) is 9.17. The molecule has 2 aromatic rings. The van der Waals surface area contributed by atoms with Crippen LogP contribution in [0.2, 0.25) is 0 Å². The number of carbonyl (C=O) groups is 1. The fraction of sp³-hybridized carbons (Fsp3) is 0.393. The Morgan fingerprint density at radius 2 is 1.79 bits per heavy atom. The van der Waals surface area contributed by atoms with E-state index in [1.165, 1.54) is 9.21 Å². The van der Waals surface area contributed by atoms with Crippen molar-refractivity contribution < 1.29 is 31.5 Å². The van der Waals surface area contributed by atoms with Crippen LogP contribution in [0.25, 0.3) is 0 Å². The minimum Gasteiger partial charge on any atom is -0.465 e. The van der Waals surface area contributed by atoms with E-state index in [2.05, 4.69) is 5.32 Å². The monoisotopic (exact) mass is 561 g/mol. The summed E-state index contributed by atoms with van der Waals surface area (Å²) in [5.74, 6) is -4.05. The first kappa shape index (κ1) is 27.1. The molecule has 39 heavy (non-hydrogen) atoms. The molecule has 2 heterocycles. The molecule has 2 aliphatic heterocycles. The molecular weight excluding hydrogens is 531 g/mol. The van der Waals surface area contributed by atoms with Gasteiger partial charge in [0, 0.05) is 43.0 Å². The van der Waals surface area contributed by atoms with Crippen molar-refractivity contribution in [3.63, 3.8) is 0 Å². The second kappa shape index (κ2) is 10.6. The highest BCUT2D eigenvalue weighted by atomic mass is 32.2. The summed E-state index contributed by atoms with van der Waals surface area (Å²) in [7, 11) is -3.39. The zero-order valence-corrected chi connectivity index (χ0v) is 22.2. The van der Waals surface area contributed by atoms with E-state index < -0.39 is 45.5 Å². The molecule has 1 saturated carbocycles. The molecule has 208 valence electrons. The molecular formula is C28H30F3N3O4S. The lowest BCUT2D eigenvalue weighted by Gasteiger charge is -2.44. The maximum absolute atomic E-state index is 15.0. The van der Waals surface area contributed by atoms with Crippen LogP contribution in [0.5, 0.6) is 0 Å². The van der Waals surface area contributed by atoms with Gasteiger partial charge in [0.25, 0.3) is 0 Å². The zero-order valence-electron chi connectivity index (χ0n) is 21.4. The van der Waals surface area contributed by atoms with Crippen LogP contribution in [0, 0.1) is 23.4 Å². The van der Waals surface area contributed by atoms with Gasteiger partial charge < -0.3 is 15.3 Å². The van der Waals surface area contributed by atoms with Crippen LogP contribution in [-0.2, 0) is 16.6 Å². The highest BCUT2D eigenvalue weighted by molar-refractivity contribution is 7.88. The molecule has 1 aliphatic carbocycles. The van der Waals surface area contributed by atoms with Gasteiger partial charge in [-0.05, 0) is 59.9 Å². The SMILES string of the molecule is CS(=O)(=O)N1C=C2CC([C@H]3CC[C@H](c4cc(F)c(F)cc4F)[C@@H](N(Cc4ccccc4)C(=O)O)C3)NC=C2C1. The summed E-state index contributed by atoms with van der Waals surface area (Å²) in [5.41, 5.74) is 2.53. The normalized spacial score (nSPS) is 24.9. The average molecular weight is 562 g/mol. The quantitative estimate of drug-likeness (QED) is 0.488. The van der Waals surface area contributed by atoms with E-state index in [0.29, 0.717) is 31.7 Å². The fourth-order valence-electron chi connectivity index (χ4n) is 6.09. The molecule has 11 heteroatoms. The van der Waals surface area contributed by atoms with Gasteiger partial charge in [0.1, 0.15) is 5.82 Å². The lowest BCUT2D eigenvalue weighted by Crippen LogP contribution is -2.49. The fourth-order valence-corrected chi connectivity index (χ4v) is 6.79. The maximum Gasteiger partial charge on any atom is 0.407 e. The van der Waals surface area contributed by atoms with Crippen molar-refractivity contribution in [2.45, 2.75) is 50.2 Å². The summed E-state index contributed by atoms with van der Waals surface area (Å²) in [5, 5.41) is 13.6. The number of carboxylic acid groups (broad SMARTS) is 1. The Labute approximate surface area is 225 Å². The first-order chi connectivity index (χ1) is 18.5. The molecule has 2 N–H and O–H groups in total. The number of amides is 1. The van der Waals surface area contributed by atoms with Crippen molar-refractivity contribution in [1.29, 1.82) is 0 Å². The largest absolute Gasteiger partial charge is 0.465 e. The van der Waals surface area contributed by atoms with Gasteiger partial charge >= 0.3 is 6.09 Å². The van der Waals surface area contributed by atoms with Gasteiger partial charge in [0.2, 0.25) is 10.0 Å². The summed E-state index contributed by atoms with van der Waals surface area (Å²) in [6, 6.07) is 9.62. The summed E-state index contributed by atoms with van der Waals surface area (Å²) in [6.07, 6.45) is 5.34. The second-order valence-electron chi connectivity index (χ2n) is 10.5. The number of nitrogens with one attached hydrogen (secondary N) is 1. The Kier molecular flexibility index (Phi) is 7.37. The van der Waals surface area contributed by atoms with Gasteiger partial charge in [-0.3, -0.25) is 4.31 Å². The van der Waals surface area contributed by atoms with Crippen LogP contribution >= 0.6 is 0 Å². The number of fused-ring (bicyclic) bond motifs is 1. The Morgan fingerprint density at radius 3 is 2.49 bits per heavy atom. The Hall–Kier alpha value is -3.47. The molecule has 0 aromatic heterocycles. The maximum atomic E-state index is 15.0. The second-order valence-corrected chi connectivity index (χ2v) is 12.5. The van der Waals surface area contributed by atoms with Crippen LogP contribution < -0.4 is 5.32 Å². The molecule has 1 fully saturated rings. The highest BCUT2D eigenvalue weighted by Crippen LogP contribution is 2.44. The van der Waals surface area contributed by atoms with Crippen LogP contribution in [0.4, 0.5) is 18.0 Å². The third-order valence-electron chi connectivity index (χ3n) is 8.08. The predicted molar refractivity (Wildman–Crippen MR) is 139 cm³/mol. The lowest BCUT2D eigenvalue weighted by atomic mass is 9.70. The average Bonchev–Trinajstić information content (AvgIpc) is 3.34. The molecule has 5 rings (SSSR count). The van der Waals surface area contributed by atoms with Gasteiger partial charge in [0.05, 0.1) is 12.8 Å². The Morgan fingerprint density at radius 1 is 1.08 bits per heavy atom. The van der Waals surface area contributed by atoms with Crippen molar-refractivity contribution in [1.82, 2.24) is 14.5 Å². The number of halogens is 3. The topological polar surface area (TPSA) is 90.0 Å². The van der Waals surface area contributed by atoms with Crippen molar-refractivity contribution in [3.05, 3.63) is 94.6 Å². The van der Waals surface area contributed by atoms with E-state index in [1.54, 1.807) is 30.5 Å². The molecule has 2 aromatic carbocycles. The number of hydrogen-bond donors (Lipinski definition) is 2. The van der Waals surface area contributed by atoms with Gasteiger partial charge in [0.15, 0.2) is 11.6 Å². The zero-order chi connectivity index (χ0) is 27.9. The van der Waals surface area contributed by atoms with E-state index in [0.717, 1.165) is 29.0 Å². The third kappa shape index (κ3) is 5.63. The van der Waals surface area contributed by atoms with E-state index in [4.69, 9.17) is 0 Å². The predicted octanol–water partition coefficient (Wildman–Crippen LogP) is 4.94. The smallest absolute Gasteiger partial charge is 0.407 e. The van der Waals surface area contributed by atoms with Crippen molar-refractivity contribution in [2.24, 2.45) is 5.92 Å². The van der Waals surface area contributed by atoms with Gasteiger partial charge in [-0.1, -0.05) is 30.3 Å². The Balaban J connectivity index is 1.45.